The highest BCUT2D eigenvalue weighted by molar-refractivity contribution is 4.74. The third-order valence-corrected chi connectivity index (χ3v) is 2.60. The van der Waals surface area contributed by atoms with Gasteiger partial charge in [-0.1, -0.05) is 12.8 Å². The molecular formula is C9H18FN. The van der Waals surface area contributed by atoms with Gasteiger partial charge in [-0.15, -0.1) is 0 Å². The van der Waals surface area contributed by atoms with E-state index in [2.05, 4.69) is 0 Å². The number of rotatable bonds is 3. The zero-order chi connectivity index (χ0) is 8.10. The Bertz CT molecular complexity index is 106. The molecule has 0 aromatic heterocycles. The molecule has 66 valence electrons. The largest absolute Gasteiger partial charge is 0.330 e. The van der Waals surface area contributed by atoms with Gasteiger partial charge in [-0.25, -0.2) is 4.39 Å². The molecule has 2 atom stereocenters. The summed E-state index contributed by atoms with van der Waals surface area (Å²) in [5.74, 6) is 0.326. The second-order valence-electron chi connectivity index (χ2n) is 3.49. The molecule has 1 nitrogen and oxygen atoms in total. The van der Waals surface area contributed by atoms with E-state index in [0.29, 0.717) is 12.5 Å². The Hall–Kier alpha value is -0.110. The Morgan fingerprint density at radius 3 is 2.64 bits per heavy atom. The van der Waals surface area contributed by atoms with Crippen LogP contribution >= 0.6 is 0 Å². The molecule has 0 saturated heterocycles. The summed E-state index contributed by atoms with van der Waals surface area (Å²) >= 11 is 0. The average Bonchev–Trinajstić information content (AvgIpc) is 2.03. The van der Waals surface area contributed by atoms with Crippen LogP contribution in [-0.4, -0.2) is 12.7 Å². The van der Waals surface area contributed by atoms with E-state index >= 15 is 0 Å². The minimum atomic E-state index is -0.532. The summed E-state index contributed by atoms with van der Waals surface area (Å²) in [6.45, 7) is 0.712. The second-order valence-corrected chi connectivity index (χ2v) is 3.49. The Morgan fingerprint density at radius 2 is 2.00 bits per heavy atom. The number of hydrogen-bond donors (Lipinski definition) is 1. The van der Waals surface area contributed by atoms with Crippen molar-refractivity contribution in [2.75, 3.05) is 6.54 Å². The maximum absolute atomic E-state index is 13.1. The molecule has 1 rings (SSSR count). The molecule has 0 amide bonds. The van der Waals surface area contributed by atoms with E-state index in [1.54, 1.807) is 0 Å². The molecular weight excluding hydrogens is 141 g/mol. The van der Waals surface area contributed by atoms with Gasteiger partial charge in [0.25, 0.3) is 0 Å². The van der Waals surface area contributed by atoms with Crippen LogP contribution in [-0.2, 0) is 0 Å². The van der Waals surface area contributed by atoms with Gasteiger partial charge in [0.15, 0.2) is 0 Å². The molecule has 1 fully saturated rings. The maximum Gasteiger partial charge on any atom is 0.103 e. The summed E-state index contributed by atoms with van der Waals surface area (Å²) in [6, 6.07) is 0. The fourth-order valence-corrected chi connectivity index (χ4v) is 1.87. The quantitative estimate of drug-likeness (QED) is 0.671. The minimum Gasteiger partial charge on any atom is -0.330 e. The van der Waals surface area contributed by atoms with Crippen LogP contribution in [0.25, 0.3) is 0 Å². The lowest BCUT2D eigenvalue weighted by Gasteiger charge is -2.25. The molecule has 11 heavy (non-hydrogen) atoms. The van der Waals surface area contributed by atoms with Gasteiger partial charge in [-0.2, -0.15) is 0 Å². The van der Waals surface area contributed by atoms with E-state index in [0.717, 1.165) is 32.1 Å². The van der Waals surface area contributed by atoms with Crippen molar-refractivity contribution < 1.29 is 4.39 Å². The third-order valence-electron chi connectivity index (χ3n) is 2.60. The van der Waals surface area contributed by atoms with Crippen molar-refractivity contribution in [1.29, 1.82) is 0 Å². The van der Waals surface area contributed by atoms with Crippen LogP contribution in [0.2, 0.25) is 0 Å². The van der Waals surface area contributed by atoms with Gasteiger partial charge in [-0.3, -0.25) is 0 Å². The summed E-state index contributed by atoms with van der Waals surface area (Å²) in [5.41, 5.74) is 5.37. The molecule has 2 heteroatoms. The zero-order valence-corrected chi connectivity index (χ0v) is 7.06. The summed E-state index contributed by atoms with van der Waals surface area (Å²) in [4.78, 5) is 0. The standard InChI is InChI=1S/C9H18FN/c10-9-6-2-1-4-8(9)5-3-7-11/h8-9H,1-7,11H2. The molecule has 1 aliphatic rings. The van der Waals surface area contributed by atoms with E-state index in [-0.39, 0.29) is 0 Å². The van der Waals surface area contributed by atoms with Crippen LogP contribution in [0.15, 0.2) is 0 Å². The van der Waals surface area contributed by atoms with Crippen molar-refractivity contribution in [3.8, 4) is 0 Å². The molecule has 0 radical (unpaired) electrons. The number of halogens is 1. The van der Waals surface area contributed by atoms with Gasteiger partial charge in [0.05, 0.1) is 0 Å². The molecule has 0 aliphatic heterocycles. The molecule has 1 aliphatic carbocycles. The first-order chi connectivity index (χ1) is 5.34. The van der Waals surface area contributed by atoms with Gasteiger partial charge in [0.2, 0.25) is 0 Å². The third kappa shape index (κ3) is 2.78. The summed E-state index contributed by atoms with van der Waals surface area (Å²) in [7, 11) is 0. The number of hydrogen-bond acceptors (Lipinski definition) is 1. The van der Waals surface area contributed by atoms with Crippen molar-refractivity contribution in [3.63, 3.8) is 0 Å². The van der Waals surface area contributed by atoms with Crippen LogP contribution in [0.5, 0.6) is 0 Å². The lowest BCUT2D eigenvalue weighted by molar-refractivity contribution is 0.156. The van der Waals surface area contributed by atoms with Gasteiger partial charge in [0, 0.05) is 0 Å². The van der Waals surface area contributed by atoms with Gasteiger partial charge < -0.3 is 5.73 Å². The van der Waals surface area contributed by atoms with E-state index < -0.39 is 6.17 Å². The number of alkyl halides is 1. The molecule has 0 aromatic rings. The van der Waals surface area contributed by atoms with Gasteiger partial charge >= 0.3 is 0 Å². The Kier molecular flexibility index (Phi) is 3.84. The van der Waals surface area contributed by atoms with E-state index in [9.17, 15) is 4.39 Å². The average molecular weight is 159 g/mol. The molecule has 2 N–H and O–H groups in total. The smallest absolute Gasteiger partial charge is 0.103 e. The van der Waals surface area contributed by atoms with Crippen molar-refractivity contribution in [1.82, 2.24) is 0 Å². The number of nitrogens with two attached hydrogens (primary N) is 1. The lowest BCUT2D eigenvalue weighted by Crippen LogP contribution is -2.21. The monoisotopic (exact) mass is 159 g/mol. The Balaban J connectivity index is 2.18. The topological polar surface area (TPSA) is 26.0 Å². The normalized spacial score (nSPS) is 32.2. The first-order valence-corrected chi connectivity index (χ1v) is 4.68. The molecule has 0 spiro atoms. The van der Waals surface area contributed by atoms with Crippen LogP contribution < -0.4 is 5.73 Å². The minimum absolute atomic E-state index is 0.326. The molecule has 0 aromatic carbocycles. The van der Waals surface area contributed by atoms with Crippen molar-refractivity contribution >= 4 is 0 Å². The predicted molar refractivity (Wildman–Crippen MR) is 45.1 cm³/mol. The SMILES string of the molecule is NCCCC1CCCCC1F. The Labute approximate surface area is 68.2 Å². The van der Waals surface area contributed by atoms with E-state index in [1.165, 1.54) is 6.42 Å². The summed E-state index contributed by atoms with van der Waals surface area (Å²) in [6.07, 6.45) is 5.63. The Morgan fingerprint density at radius 1 is 1.27 bits per heavy atom. The summed E-state index contributed by atoms with van der Waals surface area (Å²) < 4.78 is 13.1. The highest BCUT2D eigenvalue weighted by Crippen LogP contribution is 2.29. The van der Waals surface area contributed by atoms with Gasteiger partial charge in [-0.05, 0) is 38.1 Å². The molecule has 2 unspecified atom stereocenters. The second kappa shape index (κ2) is 4.70. The first-order valence-electron chi connectivity index (χ1n) is 4.68. The van der Waals surface area contributed by atoms with Crippen molar-refractivity contribution in [2.24, 2.45) is 11.7 Å². The fraction of sp³-hybridized carbons (Fsp3) is 1.00. The van der Waals surface area contributed by atoms with Crippen LogP contribution in [0, 0.1) is 5.92 Å². The first kappa shape index (κ1) is 8.98. The molecule has 0 heterocycles. The van der Waals surface area contributed by atoms with Crippen molar-refractivity contribution in [2.45, 2.75) is 44.7 Å². The van der Waals surface area contributed by atoms with Crippen molar-refractivity contribution in [3.05, 3.63) is 0 Å². The van der Waals surface area contributed by atoms with Crippen LogP contribution in [0.4, 0.5) is 4.39 Å². The van der Waals surface area contributed by atoms with Gasteiger partial charge in [0.1, 0.15) is 6.17 Å². The highest BCUT2D eigenvalue weighted by Gasteiger charge is 2.23. The molecule has 1 saturated carbocycles. The maximum atomic E-state index is 13.1. The summed E-state index contributed by atoms with van der Waals surface area (Å²) in [5, 5.41) is 0. The lowest BCUT2D eigenvalue weighted by atomic mass is 9.84. The highest BCUT2D eigenvalue weighted by atomic mass is 19.1. The van der Waals surface area contributed by atoms with Crippen LogP contribution in [0.3, 0.4) is 0 Å². The van der Waals surface area contributed by atoms with E-state index in [1.807, 2.05) is 0 Å². The fourth-order valence-electron chi connectivity index (χ4n) is 1.87. The van der Waals surface area contributed by atoms with E-state index in [4.69, 9.17) is 5.73 Å². The zero-order valence-electron chi connectivity index (χ0n) is 7.06. The van der Waals surface area contributed by atoms with Crippen LogP contribution in [0.1, 0.15) is 38.5 Å². The predicted octanol–water partition coefficient (Wildman–Crippen LogP) is 2.25. The molecule has 0 bridgehead atoms.